The Morgan fingerprint density at radius 2 is 1.81 bits per heavy atom. The molecule has 0 radical (unpaired) electrons. The average Bonchev–Trinajstić information content (AvgIpc) is 2.44. The summed E-state index contributed by atoms with van der Waals surface area (Å²) >= 11 is 0. The third kappa shape index (κ3) is 2.48. The number of fused-ring (bicyclic) bond motifs is 1. The molecule has 4 nitrogen and oxygen atoms in total. The topological polar surface area (TPSA) is 71.4 Å². The number of ketones is 1. The number of sulfone groups is 1. The van der Waals surface area contributed by atoms with Crippen molar-refractivity contribution in [2.24, 2.45) is 0 Å². The Morgan fingerprint density at radius 3 is 2.57 bits per heavy atom. The van der Waals surface area contributed by atoms with E-state index in [0.717, 1.165) is 0 Å². The molecule has 21 heavy (non-hydrogen) atoms. The van der Waals surface area contributed by atoms with Crippen molar-refractivity contribution in [2.75, 3.05) is 5.75 Å². The van der Waals surface area contributed by atoms with Gasteiger partial charge in [-0.05, 0) is 35.9 Å². The van der Waals surface area contributed by atoms with E-state index in [1.165, 1.54) is 30.3 Å². The second kappa shape index (κ2) is 4.86. The van der Waals surface area contributed by atoms with Gasteiger partial charge in [0.15, 0.2) is 15.6 Å². The number of benzene rings is 2. The number of carbonyl (C=O) groups excluding carboxylic acids is 1. The molecule has 106 valence electrons. The summed E-state index contributed by atoms with van der Waals surface area (Å²) in [5.74, 6) is -0.543. The van der Waals surface area contributed by atoms with Crippen molar-refractivity contribution in [3.63, 3.8) is 0 Å². The highest BCUT2D eigenvalue weighted by Crippen LogP contribution is 2.29. The van der Waals surface area contributed by atoms with E-state index in [-0.39, 0.29) is 33.3 Å². The van der Waals surface area contributed by atoms with E-state index in [9.17, 15) is 18.3 Å². The van der Waals surface area contributed by atoms with E-state index in [1.54, 1.807) is 24.3 Å². The van der Waals surface area contributed by atoms with Crippen molar-refractivity contribution >= 4 is 21.7 Å². The van der Waals surface area contributed by atoms with Crippen LogP contribution in [0.4, 0.5) is 0 Å². The number of Topliss-reactive ketones (excluding diaryl/α,β-unsaturated/α-hetero) is 1. The molecule has 0 aliphatic carbocycles. The van der Waals surface area contributed by atoms with Crippen molar-refractivity contribution in [1.82, 2.24) is 0 Å². The van der Waals surface area contributed by atoms with Crippen molar-refractivity contribution < 1.29 is 18.3 Å². The zero-order valence-corrected chi connectivity index (χ0v) is 11.8. The molecule has 1 heterocycles. The van der Waals surface area contributed by atoms with Crippen LogP contribution in [0.3, 0.4) is 0 Å². The summed E-state index contributed by atoms with van der Waals surface area (Å²) in [5.41, 5.74) is 1.00. The lowest BCUT2D eigenvalue weighted by atomic mass is 10.0. The fourth-order valence-electron chi connectivity index (χ4n) is 2.37. The lowest BCUT2D eigenvalue weighted by Crippen LogP contribution is -2.24. The monoisotopic (exact) mass is 300 g/mol. The predicted molar refractivity (Wildman–Crippen MR) is 78.9 cm³/mol. The van der Waals surface area contributed by atoms with E-state index >= 15 is 0 Å². The highest BCUT2D eigenvalue weighted by molar-refractivity contribution is 7.91. The van der Waals surface area contributed by atoms with Gasteiger partial charge in [-0.25, -0.2) is 8.42 Å². The molecule has 0 fully saturated rings. The number of phenolic OH excluding ortho intramolecular Hbond substituents is 1. The fourth-order valence-corrected chi connectivity index (χ4v) is 3.93. The third-order valence-corrected chi connectivity index (χ3v) is 5.03. The molecule has 0 spiro atoms. The minimum Gasteiger partial charge on any atom is -0.508 e. The van der Waals surface area contributed by atoms with Gasteiger partial charge in [0.05, 0.1) is 10.6 Å². The number of hydrogen-bond donors (Lipinski definition) is 1. The van der Waals surface area contributed by atoms with Gasteiger partial charge in [0.2, 0.25) is 0 Å². The van der Waals surface area contributed by atoms with E-state index in [1.807, 2.05) is 0 Å². The summed E-state index contributed by atoms with van der Waals surface area (Å²) in [7, 11) is -3.51. The molecular formula is C16H12O4S. The number of hydrogen-bond acceptors (Lipinski definition) is 4. The minimum atomic E-state index is -3.51. The van der Waals surface area contributed by atoms with E-state index in [4.69, 9.17) is 0 Å². The van der Waals surface area contributed by atoms with Gasteiger partial charge in [0.25, 0.3) is 0 Å². The van der Waals surface area contributed by atoms with Gasteiger partial charge < -0.3 is 5.11 Å². The molecule has 0 atom stereocenters. The van der Waals surface area contributed by atoms with Crippen molar-refractivity contribution in [3.05, 3.63) is 65.2 Å². The predicted octanol–water partition coefficient (Wildman–Crippen LogP) is 2.45. The molecule has 0 aromatic heterocycles. The first-order valence-corrected chi connectivity index (χ1v) is 7.99. The average molecular weight is 300 g/mol. The first-order chi connectivity index (χ1) is 9.97. The third-order valence-electron chi connectivity index (χ3n) is 3.32. The summed E-state index contributed by atoms with van der Waals surface area (Å²) in [5, 5.41) is 9.44. The summed E-state index contributed by atoms with van der Waals surface area (Å²) in [6, 6.07) is 12.5. The Bertz CT molecular complexity index is 863. The van der Waals surface area contributed by atoms with Crippen molar-refractivity contribution in [1.29, 1.82) is 0 Å². The molecule has 0 saturated carbocycles. The molecule has 1 aliphatic rings. The van der Waals surface area contributed by atoms with Gasteiger partial charge in [-0.15, -0.1) is 0 Å². The maximum absolute atomic E-state index is 12.4. The van der Waals surface area contributed by atoms with Crippen molar-refractivity contribution in [3.8, 4) is 5.75 Å². The standard InChI is InChI=1S/C16H12O4S/c17-13-5-3-4-11(9-13)8-12-10-21(19,20)15-7-2-1-6-14(15)16(12)18/h1-9,17H,10H2. The molecular weight excluding hydrogens is 288 g/mol. The highest BCUT2D eigenvalue weighted by Gasteiger charge is 2.32. The Hall–Kier alpha value is -2.40. The Balaban J connectivity index is 2.13. The maximum atomic E-state index is 12.4. The van der Waals surface area contributed by atoms with Gasteiger partial charge in [-0.3, -0.25) is 4.79 Å². The van der Waals surface area contributed by atoms with Crippen LogP contribution < -0.4 is 0 Å². The smallest absolute Gasteiger partial charge is 0.191 e. The molecule has 5 heteroatoms. The van der Waals surface area contributed by atoms with Crippen LogP contribution in [0.2, 0.25) is 0 Å². The first kappa shape index (κ1) is 13.6. The number of aromatic hydroxyl groups is 1. The first-order valence-electron chi connectivity index (χ1n) is 6.33. The summed E-state index contributed by atoms with van der Waals surface area (Å²) in [6.07, 6.45) is 1.51. The zero-order valence-electron chi connectivity index (χ0n) is 11.0. The SMILES string of the molecule is O=C1C(=Cc2cccc(O)c2)CS(=O)(=O)c2ccccc21. The molecule has 1 N–H and O–H groups in total. The van der Waals surface area contributed by atoms with Crippen molar-refractivity contribution in [2.45, 2.75) is 4.90 Å². The number of phenols is 1. The van der Waals surface area contributed by atoms with Crippen LogP contribution in [0, 0.1) is 0 Å². The largest absolute Gasteiger partial charge is 0.508 e. The number of carbonyl (C=O) groups is 1. The van der Waals surface area contributed by atoms with Crippen LogP contribution in [0.25, 0.3) is 6.08 Å². The normalized spacial score (nSPS) is 18.5. The van der Waals surface area contributed by atoms with Crippen LogP contribution >= 0.6 is 0 Å². The Morgan fingerprint density at radius 1 is 1.05 bits per heavy atom. The van der Waals surface area contributed by atoms with Crippen LogP contribution in [0.5, 0.6) is 5.75 Å². The van der Waals surface area contributed by atoms with Crippen LogP contribution in [0.1, 0.15) is 15.9 Å². The lowest BCUT2D eigenvalue weighted by molar-refractivity contribution is 0.103. The molecule has 0 unspecified atom stereocenters. The summed E-state index contributed by atoms with van der Waals surface area (Å²) in [4.78, 5) is 12.5. The molecule has 1 aliphatic heterocycles. The van der Waals surface area contributed by atoms with Gasteiger partial charge in [0, 0.05) is 11.1 Å². The van der Waals surface area contributed by atoms with Crippen LogP contribution in [0.15, 0.2) is 59.0 Å². The van der Waals surface area contributed by atoms with Gasteiger partial charge in [-0.1, -0.05) is 24.3 Å². The zero-order chi connectivity index (χ0) is 15.0. The van der Waals surface area contributed by atoms with E-state index in [0.29, 0.717) is 5.56 Å². The van der Waals surface area contributed by atoms with Crippen LogP contribution in [-0.2, 0) is 9.84 Å². The highest BCUT2D eigenvalue weighted by atomic mass is 32.2. The van der Waals surface area contributed by atoms with Gasteiger partial charge >= 0.3 is 0 Å². The quantitative estimate of drug-likeness (QED) is 0.821. The molecule has 3 rings (SSSR count). The van der Waals surface area contributed by atoms with Crippen LogP contribution in [-0.4, -0.2) is 25.1 Å². The van der Waals surface area contributed by atoms with Gasteiger partial charge in [-0.2, -0.15) is 0 Å². The molecule has 2 aromatic rings. The second-order valence-corrected chi connectivity index (χ2v) is 6.81. The molecule has 0 saturated heterocycles. The summed E-state index contributed by atoms with van der Waals surface area (Å²) in [6.45, 7) is 0. The maximum Gasteiger partial charge on any atom is 0.191 e. The lowest BCUT2D eigenvalue weighted by Gasteiger charge is -2.17. The number of rotatable bonds is 1. The Kier molecular flexibility index (Phi) is 3.14. The second-order valence-electron chi connectivity index (χ2n) is 4.85. The Labute approximate surface area is 122 Å². The fraction of sp³-hybridized carbons (Fsp3) is 0.0625. The molecule has 2 aromatic carbocycles. The minimum absolute atomic E-state index is 0.0656. The molecule has 0 bridgehead atoms. The van der Waals surface area contributed by atoms with E-state index < -0.39 is 9.84 Å². The van der Waals surface area contributed by atoms with Gasteiger partial charge in [0.1, 0.15) is 5.75 Å². The van der Waals surface area contributed by atoms with E-state index in [2.05, 4.69) is 0 Å². The molecule has 0 amide bonds. The summed E-state index contributed by atoms with van der Waals surface area (Å²) < 4.78 is 24.5.